The Hall–Kier alpha value is 0.250. The van der Waals surface area contributed by atoms with Gasteiger partial charge in [0.05, 0.1) is 0 Å². The van der Waals surface area contributed by atoms with Crippen LogP contribution in [0.4, 0.5) is 4.79 Å². The van der Waals surface area contributed by atoms with E-state index in [0.717, 1.165) is 6.42 Å². The van der Waals surface area contributed by atoms with Crippen LogP contribution in [0.25, 0.3) is 0 Å². The molecule has 1 aliphatic heterocycles. The zero-order valence-corrected chi connectivity index (χ0v) is 10.0. The SMILES string of the molecule is O=C([O-])SN1CCC[C@H]1C(=O)O.[Na+]. The number of hydrogen-bond acceptors (Lipinski definition) is 5. The smallest absolute Gasteiger partial charge is 0.537 e. The second kappa shape index (κ2) is 5.87. The molecule has 7 heteroatoms. The van der Waals surface area contributed by atoms with E-state index in [1.165, 1.54) is 4.31 Å². The molecule has 0 bridgehead atoms. The first-order valence-electron chi connectivity index (χ1n) is 3.49. The molecule has 1 aliphatic rings. The van der Waals surface area contributed by atoms with Crippen molar-refractivity contribution >= 4 is 23.2 Å². The first-order valence-corrected chi connectivity index (χ1v) is 4.27. The van der Waals surface area contributed by atoms with Gasteiger partial charge in [-0.15, -0.1) is 0 Å². The predicted molar refractivity (Wildman–Crippen MR) is 40.4 cm³/mol. The molecule has 13 heavy (non-hydrogen) atoms. The average molecular weight is 213 g/mol. The first-order chi connectivity index (χ1) is 5.61. The molecule has 0 aromatic carbocycles. The Kier molecular flexibility index (Phi) is 5.98. The molecular formula is C6H8NNaO4S. The van der Waals surface area contributed by atoms with Crippen LogP contribution in [0.5, 0.6) is 0 Å². The zero-order chi connectivity index (χ0) is 9.14. The summed E-state index contributed by atoms with van der Waals surface area (Å²) in [5.74, 6) is -0.971. The monoisotopic (exact) mass is 213 g/mol. The van der Waals surface area contributed by atoms with Gasteiger partial charge in [-0.3, -0.25) is 4.79 Å². The summed E-state index contributed by atoms with van der Waals surface area (Å²) in [6, 6.07) is -0.673. The topological polar surface area (TPSA) is 80.7 Å². The second-order valence-corrected chi connectivity index (χ2v) is 3.46. The van der Waals surface area contributed by atoms with Crippen molar-refractivity contribution < 1.29 is 49.4 Å². The minimum Gasteiger partial charge on any atom is -0.537 e. The minimum absolute atomic E-state index is 0. The zero-order valence-electron chi connectivity index (χ0n) is 7.23. The van der Waals surface area contributed by atoms with Gasteiger partial charge in [0, 0.05) is 6.54 Å². The van der Waals surface area contributed by atoms with Crippen molar-refractivity contribution in [3.05, 3.63) is 0 Å². The molecule has 5 nitrogen and oxygen atoms in total. The fraction of sp³-hybridized carbons (Fsp3) is 0.667. The molecule has 0 aromatic rings. The minimum atomic E-state index is -1.30. The Balaban J connectivity index is 0.00000144. The first kappa shape index (κ1) is 13.2. The second-order valence-electron chi connectivity index (χ2n) is 2.48. The van der Waals surface area contributed by atoms with Crippen LogP contribution in [-0.2, 0) is 4.79 Å². The maximum absolute atomic E-state index is 10.5. The van der Waals surface area contributed by atoms with E-state index in [-0.39, 0.29) is 29.6 Å². The Bertz CT molecular complexity index is 213. The van der Waals surface area contributed by atoms with E-state index in [1.54, 1.807) is 0 Å². The predicted octanol–water partition coefficient (Wildman–Crippen LogP) is -3.47. The Morgan fingerprint density at radius 1 is 1.54 bits per heavy atom. The number of aliphatic carboxylic acids is 1. The van der Waals surface area contributed by atoms with Crippen molar-refractivity contribution in [2.24, 2.45) is 0 Å². The van der Waals surface area contributed by atoms with Crippen LogP contribution in [0.2, 0.25) is 0 Å². The van der Waals surface area contributed by atoms with Crippen molar-refractivity contribution in [3.8, 4) is 0 Å². The van der Waals surface area contributed by atoms with Gasteiger partial charge in [-0.25, -0.2) is 4.31 Å². The summed E-state index contributed by atoms with van der Waals surface area (Å²) in [6.45, 7) is 0.496. The third-order valence-electron chi connectivity index (χ3n) is 1.68. The molecular weight excluding hydrogens is 205 g/mol. The number of nitrogens with zero attached hydrogens (tertiary/aromatic N) is 1. The van der Waals surface area contributed by atoms with Gasteiger partial charge in [0.25, 0.3) is 0 Å². The van der Waals surface area contributed by atoms with Gasteiger partial charge in [-0.2, -0.15) is 0 Å². The van der Waals surface area contributed by atoms with E-state index in [2.05, 4.69) is 0 Å². The van der Waals surface area contributed by atoms with Crippen LogP contribution in [-0.4, -0.2) is 33.3 Å². The maximum Gasteiger partial charge on any atom is 1.00 e. The standard InChI is InChI=1S/C6H9NO4S.Na/c8-5(9)4-2-1-3-7(4)12-6(10)11;/h4H,1-3H2,(H,8,9)(H,10,11);/q;+1/p-1/t4-;/m0./s1. The normalized spacial score (nSPS) is 22.3. The maximum atomic E-state index is 10.5. The molecule has 68 valence electrons. The molecule has 0 spiro atoms. The van der Waals surface area contributed by atoms with Crippen LogP contribution in [0.15, 0.2) is 0 Å². The van der Waals surface area contributed by atoms with E-state index in [4.69, 9.17) is 5.11 Å². The molecule has 0 aliphatic carbocycles. The van der Waals surface area contributed by atoms with E-state index in [9.17, 15) is 14.7 Å². The molecule has 1 N–H and O–H groups in total. The van der Waals surface area contributed by atoms with Gasteiger partial charge in [-0.05, 0) is 24.8 Å². The molecule has 0 saturated carbocycles. The molecule has 0 amide bonds. The summed E-state index contributed by atoms with van der Waals surface area (Å²) in [5.41, 5.74) is 0. The van der Waals surface area contributed by atoms with Gasteiger partial charge < -0.3 is 15.0 Å². The van der Waals surface area contributed by atoms with E-state index >= 15 is 0 Å². The van der Waals surface area contributed by atoms with Crippen molar-refractivity contribution in [2.75, 3.05) is 6.54 Å². The third-order valence-corrected chi connectivity index (χ3v) is 2.50. The Labute approximate surface area is 102 Å². The molecule has 0 aromatic heterocycles. The van der Waals surface area contributed by atoms with Gasteiger partial charge in [-0.1, -0.05) is 0 Å². The molecule has 1 rings (SSSR count). The summed E-state index contributed by atoms with van der Waals surface area (Å²) < 4.78 is 1.33. The quantitative estimate of drug-likeness (QED) is 0.379. The van der Waals surface area contributed by atoms with Crippen LogP contribution in [0.1, 0.15) is 12.8 Å². The summed E-state index contributed by atoms with van der Waals surface area (Å²) in [7, 11) is 0. The van der Waals surface area contributed by atoms with E-state index in [0.29, 0.717) is 24.9 Å². The van der Waals surface area contributed by atoms with Crippen molar-refractivity contribution in [2.45, 2.75) is 18.9 Å². The molecule has 1 fully saturated rings. The molecule has 1 atom stereocenters. The number of hydrogen-bond donors (Lipinski definition) is 1. The van der Waals surface area contributed by atoms with Crippen molar-refractivity contribution in [1.82, 2.24) is 4.31 Å². The van der Waals surface area contributed by atoms with Crippen LogP contribution >= 0.6 is 11.9 Å². The van der Waals surface area contributed by atoms with Gasteiger partial charge in [0.15, 0.2) is 0 Å². The summed E-state index contributed by atoms with van der Waals surface area (Å²) in [5, 5.41) is 17.5. The fourth-order valence-corrected chi connectivity index (χ4v) is 1.93. The van der Waals surface area contributed by atoms with Crippen LogP contribution < -0.4 is 34.7 Å². The Morgan fingerprint density at radius 2 is 2.15 bits per heavy atom. The van der Waals surface area contributed by atoms with E-state index < -0.39 is 17.3 Å². The summed E-state index contributed by atoms with van der Waals surface area (Å²) in [6.07, 6.45) is 1.23. The average Bonchev–Trinajstić information content (AvgIpc) is 2.33. The number of rotatable bonds is 2. The molecule has 1 saturated heterocycles. The summed E-state index contributed by atoms with van der Waals surface area (Å²) >= 11 is 0.457. The number of carboxylic acid groups (broad SMARTS) is 2. The largest absolute Gasteiger partial charge is 1.00 e. The van der Waals surface area contributed by atoms with Crippen molar-refractivity contribution in [3.63, 3.8) is 0 Å². The third kappa shape index (κ3) is 3.86. The molecule has 0 unspecified atom stereocenters. The fourth-order valence-electron chi connectivity index (χ4n) is 1.19. The number of carbonyl (C=O) groups is 2. The Morgan fingerprint density at radius 3 is 2.62 bits per heavy atom. The molecule has 1 heterocycles. The molecule has 0 radical (unpaired) electrons. The summed E-state index contributed by atoms with van der Waals surface area (Å²) in [4.78, 5) is 20.7. The van der Waals surface area contributed by atoms with Gasteiger partial charge in [0.1, 0.15) is 11.3 Å². The van der Waals surface area contributed by atoms with Crippen molar-refractivity contribution in [1.29, 1.82) is 0 Å². The number of carboxylic acids is 1. The number of carbonyl (C=O) groups excluding carboxylic acids is 1. The van der Waals surface area contributed by atoms with Crippen LogP contribution in [0.3, 0.4) is 0 Å². The van der Waals surface area contributed by atoms with E-state index in [1.807, 2.05) is 0 Å². The van der Waals surface area contributed by atoms with Gasteiger partial charge >= 0.3 is 35.5 Å². The van der Waals surface area contributed by atoms with Gasteiger partial charge in [0.2, 0.25) is 0 Å². The van der Waals surface area contributed by atoms with Crippen LogP contribution in [0, 0.1) is 0 Å².